The summed E-state index contributed by atoms with van der Waals surface area (Å²) < 4.78 is 4.91. The van der Waals surface area contributed by atoms with Crippen molar-refractivity contribution in [3.63, 3.8) is 0 Å². The maximum absolute atomic E-state index is 13.9. The van der Waals surface area contributed by atoms with Gasteiger partial charge in [-0.3, -0.25) is 24.6 Å². The summed E-state index contributed by atoms with van der Waals surface area (Å²) in [5, 5.41) is 59.1. The van der Waals surface area contributed by atoms with Crippen LogP contribution in [0.3, 0.4) is 0 Å². The first kappa shape index (κ1) is 28.5. The molecule has 1 aromatic carbocycles. The molecule has 3 aliphatic rings. The van der Waals surface area contributed by atoms with Crippen molar-refractivity contribution in [3.8, 4) is 5.75 Å². The number of phenolic OH excluding ortho intramolecular Hbond substituents is 1. The van der Waals surface area contributed by atoms with Gasteiger partial charge < -0.3 is 36.0 Å². The number of ether oxygens (including phenoxy) is 1. The van der Waals surface area contributed by atoms with Gasteiger partial charge in [0.15, 0.2) is 11.4 Å². The molecule has 0 heterocycles. The van der Waals surface area contributed by atoms with Crippen LogP contribution in [0.25, 0.3) is 5.76 Å². The zero-order valence-corrected chi connectivity index (χ0v) is 22.7. The van der Waals surface area contributed by atoms with E-state index in [1.165, 1.54) is 31.1 Å². The lowest BCUT2D eigenvalue weighted by molar-refractivity contribution is -0.169. The highest BCUT2D eigenvalue weighted by Gasteiger charge is 2.68. The SMILES string of the molecule is C[C@H]1c2ccc(NC(=O)OCCBr)c(O)c2C(O)=C2C(=O)[C@]3(O)C(O)=C(C(N)=O)C(=O)[C@@H](N(C)C)C3C(O)C21. The second-order valence-corrected chi connectivity index (χ2v) is 10.7. The zero-order valence-electron chi connectivity index (χ0n) is 21.1. The van der Waals surface area contributed by atoms with E-state index in [2.05, 4.69) is 21.2 Å². The number of aliphatic hydroxyl groups is 4. The quantitative estimate of drug-likeness (QED) is 0.138. The Bertz CT molecular complexity index is 1360. The number of aliphatic hydroxyl groups excluding tert-OH is 3. The number of primary amides is 1. The third-order valence-electron chi connectivity index (χ3n) is 7.68. The number of hydrogen-bond donors (Lipinski definition) is 7. The fraction of sp³-hybridized carbons (Fsp3) is 0.440. The van der Waals surface area contributed by atoms with E-state index >= 15 is 0 Å². The monoisotopic (exact) mass is 609 g/mol. The number of benzene rings is 1. The second-order valence-electron chi connectivity index (χ2n) is 9.93. The number of hydrogen-bond acceptors (Lipinski definition) is 11. The maximum Gasteiger partial charge on any atom is 0.411 e. The Hall–Kier alpha value is -3.46. The summed E-state index contributed by atoms with van der Waals surface area (Å²) in [5.74, 6) is -9.98. The van der Waals surface area contributed by atoms with Crippen LogP contribution in [0, 0.1) is 11.8 Å². The van der Waals surface area contributed by atoms with Gasteiger partial charge in [0.05, 0.1) is 29.3 Å². The highest BCUT2D eigenvalue weighted by atomic mass is 79.9. The first-order valence-electron chi connectivity index (χ1n) is 11.9. The van der Waals surface area contributed by atoms with Gasteiger partial charge in [0.25, 0.3) is 5.91 Å². The molecule has 1 saturated carbocycles. The number of rotatable bonds is 5. The van der Waals surface area contributed by atoms with Crippen LogP contribution in [0.5, 0.6) is 5.75 Å². The van der Waals surface area contributed by atoms with Crippen molar-refractivity contribution < 1.29 is 49.4 Å². The predicted molar refractivity (Wildman–Crippen MR) is 139 cm³/mol. The van der Waals surface area contributed by atoms with E-state index in [0.717, 1.165) is 0 Å². The van der Waals surface area contributed by atoms with Gasteiger partial charge in [0.2, 0.25) is 5.78 Å². The molecule has 0 aliphatic heterocycles. The number of aromatic hydroxyl groups is 1. The molecule has 0 bridgehead atoms. The van der Waals surface area contributed by atoms with Crippen LogP contribution in [-0.4, -0.2) is 97.8 Å². The first-order chi connectivity index (χ1) is 18.2. The van der Waals surface area contributed by atoms with Crippen molar-refractivity contribution >= 4 is 50.9 Å². The number of anilines is 1. The van der Waals surface area contributed by atoms with Crippen LogP contribution in [0.15, 0.2) is 29.0 Å². The molecule has 6 atom stereocenters. The average Bonchev–Trinajstić information content (AvgIpc) is 2.85. The predicted octanol–water partition coefficient (Wildman–Crippen LogP) is 0.439. The Balaban J connectivity index is 1.94. The van der Waals surface area contributed by atoms with E-state index in [1.807, 2.05) is 0 Å². The summed E-state index contributed by atoms with van der Waals surface area (Å²) in [5.41, 5.74) is 0.675. The van der Waals surface area contributed by atoms with Gasteiger partial charge in [-0.1, -0.05) is 28.9 Å². The highest BCUT2D eigenvalue weighted by molar-refractivity contribution is 9.09. The second kappa shape index (κ2) is 9.93. The molecular formula is C25H28BrN3O10. The van der Waals surface area contributed by atoms with Crippen molar-refractivity contribution in [2.45, 2.75) is 30.6 Å². The van der Waals surface area contributed by atoms with Gasteiger partial charge in [-0.15, -0.1) is 0 Å². The van der Waals surface area contributed by atoms with Crippen molar-refractivity contribution in [3.05, 3.63) is 40.2 Å². The molecule has 4 rings (SSSR count). The molecule has 3 unspecified atom stereocenters. The van der Waals surface area contributed by atoms with Crippen molar-refractivity contribution in [2.75, 3.05) is 31.3 Å². The lowest BCUT2D eigenvalue weighted by Crippen LogP contribution is -2.70. The molecule has 14 heteroatoms. The number of fused-ring (bicyclic) bond motifs is 3. The van der Waals surface area contributed by atoms with Crippen LogP contribution >= 0.6 is 15.9 Å². The van der Waals surface area contributed by atoms with E-state index < -0.39 is 87.5 Å². The molecule has 0 radical (unpaired) electrons. The average molecular weight is 610 g/mol. The van der Waals surface area contributed by atoms with Crippen LogP contribution in [0.1, 0.15) is 24.0 Å². The molecule has 210 valence electrons. The van der Waals surface area contributed by atoms with Crippen molar-refractivity contribution in [1.82, 2.24) is 4.90 Å². The molecule has 2 amide bonds. The van der Waals surface area contributed by atoms with E-state index in [0.29, 0.717) is 10.9 Å². The smallest absolute Gasteiger partial charge is 0.411 e. The minimum Gasteiger partial charge on any atom is -0.508 e. The third-order valence-corrected chi connectivity index (χ3v) is 8.00. The summed E-state index contributed by atoms with van der Waals surface area (Å²) in [7, 11) is 2.86. The minimum atomic E-state index is -3.01. The molecule has 8 N–H and O–H groups in total. The lowest BCUT2D eigenvalue weighted by atomic mass is 9.54. The summed E-state index contributed by atoms with van der Waals surface area (Å²) in [6, 6.07) is 1.39. The fourth-order valence-corrected chi connectivity index (χ4v) is 6.16. The molecule has 3 aliphatic carbocycles. The number of nitrogens with zero attached hydrogens (tertiary/aromatic N) is 1. The Morgan fingerprint density at radius 2 is 1.85 bits per heavy atom. The number of phenols is 1. The lowest BCUT2D eigenvalue weighted by Gasteiger charge is -2.53. The maximum atomic E-state index is 13.9. The molecule has 0 aromatic heterocycles. The van der Waals surface area contributed by atoms with E-state index in [-0.39, 0.29) is 17.9 Å². The molecule has 39 heavy (non-hydrogen) atoms. The summed E-state index contributed by atoms with van der Waals surface area (Å²) >= 11 is 3.11. The van der Waals surface area contributed by atoms with Gasteiger partial charge in [-0.2, -0.15) is 0 Å². The molecule has 1 fully saturated rings. The van der Waals surface area contributed by atoms with Gasteiger partial charge in [0.1, 0.15) is 29.4 Å². The fourth-order valence-electron chi connectivity index (χ4n) is 5.99. The van der Waals surface area contributed by atoms with Crippen molar-refractivity contribution in [1.29, 1.82) is 0 Å². The minimum absolute atomic E-state index is 0.0401. The third kappa shape index (κ3) is 4.01. The number of likely N-dealkylation sites (N-methyl/N-ethyl adjacent to an activating group) is 1. The number of carbonyl (C=O) groups excluding carboxylic acids is 4. The highest BCUT2D eigenvalue weighted by Crippen LogP contribution is 2.56. The van der Waals surface area contributed by atoms with Gasteiger partial charge in [0, 0.05) is 16.8 Å². The molecule has 0 saturated heterocycles. The number of nitrogens with one attached hydrogen (secondary N) is 1. The largest absolute Gasteiger partial charge is 0.508 e. The summed E-state index contributed by atoms with van der Waals surface area (Å²) in [6.07, 6.45) is -2.59. The number of carbonyl (C=O) groups is 4. The Labute approximate surface area is 230 Å². The van der Waals surface area contributed by atoms with Gasteiger partial charge in [-0.05, 0) is 31.6 Å². The van der Waals surface area contributed by atoms with Gasteiger partial charge in [-0.25, -0.2) is 4.79 Å². The van der Waals surface area contributed by atoms with Crippen LogP contribution in [0.2, 0.25) is 0 Å². The molecule has 13 nitrogen and oxygen atoms in total. The standard InChI is InChI=1S/C25H28BrN3O10/c1-8-9-4-5-10(28-24(37)39-7-6-26)17(30)12(9)18(31)13-11(8)19(32)15-16(29(2)3)20(33)14(23(27)36)22(35)25(15,38)21(13)34/h4-5,8,11,15-16,19,30-32,35,38H,6-7H2,1-3H3,(H2,27,36)(H,28,37)/t8-,11?,15?,16-,19?,25-/m0/s1. The Kier molecular flexibility index (Phi) is 7.27. The van der Waals surface area contributed by atoms with E-state index in [9.17, 15) is 44.7 Å². The number of alkyl halides is 1. The van der Waals surface area contributed by atoms with E-state index in [1.54, 1.807) is 6.92 Å². The summed E-state index contributed by atoms with van der Waals surface area (Å²) in [4.78, 5) is 52.5. The number of amides is 2. The number of halogens is 1. The van der Waals surface area contributed by atoms with Crippen LogP contribution in [-0.2, 0) is 19.1 Å². The topological polar surface area (TPSA) is 220 Å². The molecular weight excluding hydrogens is 582 g/mol. The Morgan fingerprint density at radius 3 is 2.41 bits per heavy atom. The molecule has 1 aromatic rings. The number of nitrogens with two attached hydrogens (primary N) is 1. The summed E-state index contributed by atoms with van der Waals surface area (Å²) in [6.45, 7) is 1.64. The number of Topliss-reactive ketones (excluding diaryl/α,β-unsaturated/α-hetero) is 2. The normalized spacial score (nSPS) is 30.1. The van der Waals surface area contributed by atoms with Crippen molar-refractivity contribution in [2.24, 2.45) is 17.6 Å². The first-order valence-corrected chi connectivity index (χ1v) is 13.0. The Morgan fingerprint density at radius 1 is 1.21 bits per heavy atom. The van der Waals surface area contributed by atoms with Crippen LogP contribution < -0.4 is 11.1 Å². The van der Waals surface area contributed by atoms with Gasteiger partial charge >= 0.3 is 6.09 Å². The van der Waals surface area contributed by atoms with E-state index in [4.69, 9.17) is 10.5 Å². The number of ketones is 2. The molecule has 0 spiro atoms. The zero-order chi connectivity index (χ0) is 29.1. The van der Waals surface area contributed by atoms with Crippen LogP contribution in [0.4, 0.5) is 10.5 Å².